The van der Waals surface area contributed by atoms with Crippen LogP contribution >= 0.6 is 0 Å². The molecular weight excluding hydrogens is 292 g/mol. The van der Waals surface area contributed by atoms with Gasteiger partial charge in [0.1, 0.15) is 0 Å². The van der Waals surface area contributed by atoms with Crippen molar-refractivity contribution in [2.24, 2.45) is 23.7 Å². The molecule has 0 atom stereocenters. The lowest BCUT2D eigenvalue weighted by Gasteiger charge is -2.51. The molecule has 2 fully saturated rings. The monoisotopic (exact) mass is 336 g/mol. The summed E-state index contributed by atoms with van der Waals surface area (Å²) in [6.45, 7) is 15.0. The van der Waals surface area contributed by atoms with E-state index in [1.165, 1.54) is 25.7 Å². The van der Waals surface area contributed by atoms with E-state index in [9.17, 15) is 0 Å². The first-order valence-corrected chi connectivity index (χ1v) is 13.4. The van der Waals surface area contributed by atoms with Gasteiger partial charge in [-0.1, -0.05) is 105 Å². The average molecular weight is 337 g/mol. The fourth-order valence-electron chi connectivity index (χ4n) is 6.27. The van der Waals surface area contributed by atoms with E-state index in [-0.39, 0.29) is 0 Å². The molecule has 23 heavy (non-hydrogen) atoms. The zero-order chi connectivity index (χ0) is 17.0. The van der Waals surface area contributed by atoms with Crippen LogP contribution in [0, 0.1) is 23.7 Å². The molecular formula is C22H44Si. The summed E-state index contributed by atoms with van der Waals surface area (Å²) in [7, 11) is -1.18. The van der Waals surface area contributed by atoms with Crippen LogP contribution in [-0.4, -0.2) is 8.07 Å². The number of rotatable bonds is 6. The van der Waals surface area contributed by atoms with E-state index < -0.39 is 8.07 Å². The van der Waals surface area contributed by atoms with Crippen LogP contribution in [-0.2, 0) is 0 Å². The summed E-state index contributed by atoms with van der Waals surface area (Å²) in [5, 5.41) is 0. The normalized spacial score (nSPS) is 33.4. The Balaban J connectivity index is 2.25. The first-order chi connectivity index (χ1) is 10.8. The van der Waals surface area contributed by atoms with Crippen molar-refractivity contribution in [3.63, 3.8) is 0 Å². The van der Waals surface area contributed by atoms with Crippen LogP contribution in [0.3, 0.4) is 0 Å². The first kappa shape index (κ1) is 19.5. The summed E-state index contributed by atoms with van der Waals surface area (Å²) in [6.07, 6.45) is 12.4. The molecule has 136 valence electrons. The van der Waals surface area contributed by atoms with Crippen molar-refractivity contribution < 1.29 is 0 Å². The summed E-state index contributed by atoms with van der Waals surface area (Å²) >= 11 is 0. The van der Waals surface area contributed by atoms with E-state index in [0.717, 1.165) is 34.8 Å². The van der Waals surface area contributed by atoms with Gasteiger partial charge in [0.15, 0.2) is 0 Å². The number of hydrogen-bond acceptors (Lipinski definition) is 0. The van der Waals surface area contributed by atoms with Gasteiger partial charge >= 0.3 is 0 Å². The van der Waals surface area contributed by atoms with Gasteiger partial charge in [0.05, 0.1) is 8.07 Å². The highest BCUT2D eigenvalue weighted by Gasteiger charge is 2.48. The van der Waals surface area contributed by atoms with Gasteiger partial charge in [0.25, 0.3) is 0 Å². The van der Waals surface area contributed by atoms with E-state index in [1.807, 2.05) is 0 Å². The summed E-state index contributed by atoms with van der Waals surface area (Å²) in [6, 6.07) is 3.26. The van der Waals surface area contributed by atoms with Crippen LogP contribution in [0.25, 0.3) is 0 Å². The Morgan fingerprint density at radius 3 is 1.17 bits per heavy atom. The molecule has 0 aromatic carbocycles. The van der Waals surface area contributed by atoms with Crippen molar-refractivity contribution in [1.82, 2.24) is 0 Å². The Morgan fingerprint density at radius 1 is 0.609 bits per heavy atom. The third-order valence-corrected chi connectivity index (χ3v) is 14.8. The molecule has 0 aromatic heterocycles. The number of hydrogen-bond donors (Lipinski definition) is 0. The zero-order valence-corrected chi connectivity index (χ0v) is 18.0. The lowest BCUT2D eigenvalue weighted by molar-refractivity contribution is 0.347. The SMILES string of the molecule is CC(C)C[Si](CC(C)C)(C1CCC(C)CC1)C1CCC(C)CC1. The van der Waals surface area contributed by atoms with E-state index >= 15 is 0 Å². The topological polar surface area (TPSA) is 0 Å². The Bertz CT molecular complexity index is 296. The lowest BCUT2D eigenvalue weighted by Crippen LogP contribution is -2.49. The largest absolute Gasteiger partial charge is 0.0630 e. The average Bonchev–Trinajstić information content (AvgIpc) is 2.46. The van der Waals surface area contributed by atoms with Crippen molar-refractivity contribution in [2.45, 2.75) is 116 Å². The smallest absolute Gasteiger partial charge is 0.0603 e. The Hall–Kier alpha value is 0.217. The van der Waals surface area contributed by atoms with E-state index in [1.54, 1.807) is 37.8 Å². The highest BCUT2D eigenvalue weighted by molar-refractivity contribution is 6.82. The van der Waals surface area contributed by atoms with Gasteiger partial charge in [-0.15, -0.1) is 0 Å². The van der Waals surface area contributed by atoms with Gasteiger partial charge in [0.2, 0.25) is 0 Å². The van der Waals surface area contributed by atoms with E-state index in [4.69, 9.17) is 0 Å². The molecule has 2 aliphatic rings. The molecule has 1 heteroatoms. The molecule has 0 unspecified atom stereocenters. The minimum absolute atomic E-state index is 0.916. The third kappa shape index (κ3) is 5.09. The lowest BCUT2D eigenvalue weighted by atomic mass is 9.90. The minimum atomic E-state index is -1.18. The van der Waals surface area contributed by atoms with Gasteiger partial charge in [-0.2, -0.15) is 0 Å². The van der Waals surface area contributed by atoms with Crippen molar-refractivity contribution in [3.05, 3.63) is 0 Å². The van der Waals surface area contributed by atoms with E-state index in [2.05, 4.69) is 41.5 Å². The molecule has 0 N–H and O–H groups in total. The molecule has 0 spiro atoms. The van der Waals surface area contributed by atoms with Gasteiger partial charge in [-0.25, -0.2) is 0 Å². The van der Waals surface area contributed by atoms with Crippen molar-refractivity contribution in [3.8, 4) is 0 Å². The molecule has 2 aliphatic carbocycles. The molecule has 2 saturated carbocycles. The summed E-state index contributed by atoms with van der Waals surface area (Å²) in [4.78, 5) is 0. The maximum absolute atomic E-state index is 2.51. The van der Waals surface area contributed by atoms with Crippen molar-refractivity contribution in [1.29, 1.82) is 0 Å². The molecule has 0 aromatic rings. The molecule has 0 radical (unpaired) electrons. The summed E-state index contributed by atoms with van der Waals surface area (Å²) < 4.78 is 0. The molecule has 0 aliphatic heterocycles. The van der Waals surface area contributed by atoms with Crippen LogP contribution in [0.15, 0.2) is 0 Å². The van der Waals surface area contributed by atoms with Crippen LogP contribution in [0.5, 0.6) is 0 Å². The second kappa shape index (κ2) is 8.54. The quantitative estimate of drug-likeness (QED) is 0.432. The van der Waals surface area contributed by atoms with Crippen molar-refractivity contribution >= 4 is 8.07 Å². The minimum Gasteiger partial charge on any atom is -0.0630 e. The second-order valence-corrected chi connectivity index (χ2v) is 15.3. The molecule has 0 heterocycles. The maximum Gasteiger partial charge on any atom is 0.0603 e. The van der Waals surface area contributed by atoms with E-state index in [0.29, 0.717) is 0 Å². The fraction of sp³-hybridized carbons (Fsp3) is 1.00. The standard InChI is InChI=1S/C22H44Si/c1-17(2)15-23(16-18(3)4,21-11-7-19(5)8-12-21)22-13-9-20(6)10-14-22/h17-22H,7-16H2,1-6H3. The predicted octanol–water partition coefficient (Wildman–Crippen LogP) is 7.91. The maximum atomic E-state index is 2.51. The molecule has 0 nitrogen and oxygen atoms in total. The van der Waals surface area contributed by atoms with Gasteiger partial charge in [0, 0.05) is 0 Å². The zero-order valence-electron chi connectivity index (χ0n) is 17.0. The molecule has 0 amide bonds. The van der Waals surface area contributed by atoms with Crippen molar-refractivity contribution in [2.75, 3.05) is 0 Å². The van der Waals surface area contributed by atoms with Gasteiger partial charge in [-0.3, -0.25) is 0 Å². The van der Waals surface area contributed by atoms with Crippen LogP contribution in [0.4, 0.5) is 0 Å². The highest BCUT2D eigenvalue weighted by Crippen LogP contribution is 2.55. The Labute approximate surface area is 148 Å². The predicted molar refractivity (Wildman–Crippen MR) is 108 cm³/mol. The summed E-state index contributed by atoms with van der Waals surface area (Å²) in [5.41, 5.74) is 2.31. The van der Waals surface area contributed by atoms with Crippen LogP contribution in [0.2, 0.25) is 23.2 Å². The Kier molecular flexibility index (Phi) is 7.26. The van der Waals surface area contributed by atoms with Crippen LogP contribution < -0.4 is 0 Å². The molecule has 0 saturated heterocycles. The van der Waals surface area contributed by atoms with Gasteiger partial charge in [-0.05, 0) is 34.8 Å². The first-order valence-electron chi connectivity index (χ1n) is 10.8. The summed E-state index contributed by atoms with van der Waals surface area (Å²) in [5.74, 6) is 3.84. The molecule has 0 bridgehead atoms. The second-order valence-electron chi connectivity index (χ2n) is 10.3. The molecule has 2 rings (SSSR count). The van der Waals surface area contributed by atoms with Gasteiger partial charge < -0.3 is 0 Å². The fourth-order valence-corrected chi connectivity index (χ4v) is 14.4. The third-order valence-electron chi connectivity index (χ3n) is 7.23. The highest BCUT2D eigenvalue weighted by atomic mass is 28.3. The van der Waals surface area contributed by atoms with Crippen LogP contribution in [0.1, 0.15) is 92.9 Å². The Morgan fingerprint density at radius 2 is 0.913 bits per heavy atom.